The van der Waals surface area contributed by atoms with Crippen LogP contribution in [0.4, 0.5) is 10.3 Å². The zero-order valence-electron chi connectivity index (χ0n) is 12.6. The summed E-state index contributed by atoms with van der Waals surface area (Å²) in [4.78, 5) is 9.24. The molecule has 7 heteroatoms. The van der Waals surface area contributed by atoms with Gasteiger partial charge in [-0.3, -0.25) is 0 Å². The van der Waals surface area contributed by atoms with E-state index in [4.69, 9.17) is 4.74 Å². The minimum atomic E-state index is 0.811. The minimum absolute atomic E-state index is 0.811. The summed E-state index contributed by atoms with van der Waals surface area (Å²) in [6.07, 6.45) is 0. The predicted octanol–water partition coefficient (Wildman–Crippen LogP) is 5.93. The number of aromatic nitrogens is 2. The van der Waals surface area contributed by atoms with Crippen LogP contribution in [0.15, 0.2) is 52.3 Å². The Morgan fingerprint density at radius 1 is 1.04 bits per heavy atom. The molecule has 0 amide bonds. The summed E-state index contributed by atoms with van der Waals surface area (Å²) in [5.74, 6) is 0.811. The molecule has 120 valence electrons. The molecule has 2 aromatic heterocycles. The first-order valence-electron chi connectivity index (χ1n) is 7.14. The van der Waals surface area contributed by atoms with Gasteiger partial charge in [-0.2, -0.15) is 0 Å². The van der Waals surface area contributed by atoms with E-state index in [1.54, 1.807) is 29.8 Å². The standard InChI is InChI=1S/C17H12BrN3OS2/c1-22-12-6-7-15-13(8-12)19-17(24-15)21-16-20-14(9-23-16)10-2-4-11(18)5-3-10/h2-9H,1H3,(H,19,20,21). The average Bonchev–Trinajstić information content (AvgIpc) is 3.21. The summed E-state index contributed by atoms with van der Waals surface area (Å²) in [6.45, 7) is 0. The molecule has 1 N–H and O–H groups in total. The molecule has 4 rings (SSSR count). The van der Waals surface area contributed by atoms with E-state index < -0.39 is 0 Å². The van der Waals surface area contributed by atoms with E-state index in [1.165, 1.54) is 0 Å². The number of fused-ring (bicyclic) bond motifs is 1. The van der Waals surface area contributed by atoms with Gasteiger partial charge in [0.05, 0.1) is 23.0 Å². The molecule has 0 spiro atoms. The van der Waals surface area contributed by atoms with Crippen LogP contribution in [0.1, 0.15) is 0 Å². The van der Waals surface area contributed by atoms with E-state index in [9.17, 15) is 0 Å². The molecule has 0 atom stereocenters. The Morgan fingerprint density at radius 2 is 1.88 bits per heavy atom. The second kappa shape index (κ2) is 6.51. The molecule has 0 aliphatic heterocycles. The largest absolute Gasteiger partial charge is 0.497 e. The van der Waals surface area contributed by atoms with Gasteiger partial charge in [-0.15, -0.1) is 11.3 Å². The van der Waals surface area contributed by atoms with Crippen LogP contribution in [0.5, 0.6) is 5.75 Å². The number of benzene rings is 2. The molecular formula is C17H12BrN3OS2. The molecule has 4 aromatic rings. The molecule has 2 heterocycles. The number of methoxy groups -OCH3 is 1. The number of hydrogen-bond donors (Lipinski definition) is 1. The van der Waals surface area contributed by atoms with Gasteiger partial charge >= 0.3 is 0 Å². The molecule has 0 bridgehead atoms. The number of nitrogens with one attached hydrogen (secondary N) is 1. The van der Waals surface area contributed by atoms with Gasteiger partial charge in [0.1, 0.15) is 5.75 Å². The van der Waals surface area contributed by atoms with Crippen LogP contribution < -0.4 is 10.1 Å². The first-order valence-corrected chi connectivity index (χ1v) is 9.63. The number of rotatable bonds is 4. The van der Waals surface area contributed by atoms with Gasteiger partial charge in [-0.05, 0) is 24.3 Å². The molecule has 0 aliphatic carbocycles. The van der Waals surface area contributed by atoms with Gasteiger partial charge in [0.25, 0.3) is 0 Å². The highest BCUT2D eigenvalue weighted by molar-refractivity contribution is 9.10. The van der Waals surface area contributed by atoms with E-state index in [-0.39, 0.29) is 0 Å². The molecule has 2 aromatic carbocycles. The third-order valence-corrected chi connectivity index (χ3v) is 5.69. The highest BCUT2D eigenvalue weighted by Crippen LogP contribution is 2.33. The predicted molar refractivity (Wildman–Crippen MR) is 105 cm³/mol. The van der Waals surface area contributed by atoms with Crippen molar-refractivity contribution in [1.82, 2.24) is 9.97 Å². The van der Waals surface area contributed by atoms with Crippen molar-refractivity contribution in [3.63, 3.8) is 0 Å². The summed E-state index contributed by atoms with van der Waals surface area (Å²) in [7, 11) is 1.66. The SMILES string of the molecule is COc1ccc2sc(Nc3nc(-c4ccc(Br)cc4)cs3)nc2c1. The van der Waals surface area contributed by atoms with Crippen molar-refractivity contribution in [3.05, 3.63) is 52.3 Å². The van der Waals surface area contributed by atoms with Crippen LogP contribution in [-0.2, 0) is 0 Å². The fourth-order valence-corrected chi connectivity index (χ4v) is 4.16. The van der Waals surface area contributed by atoms with Gasteiger partial charge in [-0.1, -0.05) is 39.4 Å². The third-order valence-electron chi connectivity index (χ3n) is 3.45. The number of ether oxygens (including phenoxy) is 1. The fourth-order valence-electron chi connectivity index (χ4n) is 2.26. The lowest BCUT2D eigenvalue weighted by atomic mass is 10.2. The van der Waals surface area contributed by atoms with E-state index in [0.29, 0.717) is 0 Å². The second-order valence-electron chi connectivity index (χ2n) is 5.02. The van der Waals surface area contributed by atoms with E-state index in [2.05, 4.69) is 31.2 Å². The first kappa shape index (κ1) is 15.6. The Kier molecular flexibility index (Phi) is 4.22. The summed E-state index contributed by atoms with van der Waals surface area (Å²) < 4.78 is 7.41. The van der Waals surface area contributed by atoms with Crippen LogP contribution in [0.25, 0.3) is 21.5 Å². The molecule has 0 saturated heterocycles. The van der Waals surface area contributed by atoms with Crippen LogP contribution >= 0.6 is 38.6 Å². The Morgan fingerprint density at radius 3 is 2.67 bits per heavy atom. The fraction of sp³-hybridized carbons (Fsp3) is 0.0588. The maximum atomic E-state index is 5.24. The highest BCUT2D eigenvalue weighted by atomic mass is 79.9. The van der Waals surface area contributed by atoms with Crippen LogP contribution in [0.3, 0.4) is 0 Å². The van der Waals surface area contributed by atoms with Gasteiger partial charge < -0.3 is 10.1 Å². The zero-order valence-corrected chi connectivity index (χ0v) is 15.8. The maximum Gasteiger partial charge on any atom is 0.190 e. The lowest BCUT2D eigenvalue weighted by Gasteiger charge is -1.97. The van der Waals surface area contributed by atoms with Crippen molar-refractivity contribution < 1.29 is 4.74 Å². The van der Waals surface area contributed by atoms with Crippen molar-refractivity contribution in [2.75, 3.05) is 12.4 Å². The normalized spacial score (nSPS) is 10.9. The number of halogens is 1. The smallest absolute Gasteiger partial charge is 0.190 e. The van der Waals surface area contributed by atoms with Gasteiger partial charge in [0.15, 0.2) is 10.3 Å². The second-order valence-corrected chi connectivity index (χ2v) is 7.83. The first-order chi connectivity index (χ1) is 11.7. The lowest BCUT2D eigenvalue weighted by Crippen LogP contribution is -1.88. The summed E-state index contributed by atoms with van der Waals surface area (Å²) >= 11 is 6.62. The van der Waals surface area contributed by atoms with E-state index in [0.717, 1.165) is 42.0 Å². The summed E-state index contributed by atoms with van der Waals surface area (Å²) in [5, 5.41) is 7.00. The van der Waals surface area contributed by atoms with Crippen molar-refractivity contribution in [3.8, 4) is 17.0 Å². The quantitative estimate of drug-likeness (QED) is 0.446. The molecule has 4 nitrogen and oxygen atoms in total. The van der Waals surface area contributed by atoms with Crippen molar-refractivity contribution >= 4 is 59.1 Å². The van der Waals surface area contributed by atoms with Crippen molar-refractivity contribution in [2.24, 2.45) is 0 Å². The Balaban J connectivity index is 1.58. The molecular weight excluding hydrogens is 406 g/mol. The average molecular weight is 418 g/mol. The maximum absolute atomic E-state index is 5.24. The molecule has 0 saturated carbocycles. The molecule has 0 fully saturated rings. The summed E-state index contributed by atoms with van der Waals surface area (Å²) in [6, 6.07) is 14.0. The third kappa shape index (κ3) is 3.15. The van der Waals surface area contributed by atoms with Gasteiger partial charge in [0, 0.05) is 21.5 Å². The van der Waals surface area contributed by atoms with Crippen LogP contribution in [-0.4, -0.2) is 17.1 Å². The topological polar surface area (TPSA) is 47.0 Å². The van der Waals surface area contributed by atoms with Gasteiger partial charge in [0.2, 0.25) is 0 Å². The highest BCUT2D eigenvalue weighted by Gasteiger charge is 2.09. The van der Waals surface area contributed by atoms with Crippen molar-refractivity contribution in [1.29, 1.82) is 0 Å². The van der Waals surface area contributed by atoms with Crippen molar-refractivity contribution in [2.45, 2.75) is 0 Å². The molecule has 0 unspecified atom stereocenters. The molecule has 0 radical (unpaired) electrons. The van der Waals surface area contributed by atoms with Gasteiger partial charge in [-0.25, -0.2) is 9.97 Å². The van der Waals surface area contributed by atoms with Crippen LogP contribution in [0.2, 0.25) is 0 Å². The number of hydrogen-bond acceptors (Lipinski definition) is 6. The number of nitrogens with zero attached hydrogens (tertiary/aromatic N) is 2. The number of thiazole rings is 2. The zero-order chi connectivity index (χ0) is 16.5. The Hall–Kier alpha value is -1.96. The number of anilines is 2. The summed E-state index contributed by atoms with van der Waals surface area (Å²) in [5.41, 5.74) is 2.97. The minimum Gasteiger partial charge on any atom is -0.497 e. The molecule has 24 heavy (non-hydrogen) atoms. The molecule has 0 aliphatic rings. The Labute approximate surface area is 155 Å². The monoisotopic (exact) mass is 417 g/mol. The van der Waals surface area contributed by atoms with E-state index >= 15 is 0 Å². The van der Waals surface area contributed by atoms with Crippen LogP contribution in [0, 0.1) is 0 Å². The lowest BCUT2D eigenvalue weighted by molar-refractivity contribution is 0.415. The Bertz CT molecular complexity index is 995. The van der Waals surface area contributed by atoms with E-state index in [1.807, 2.05) is 47.8 Å².